The second kappa shape index (κ2) is 4.59. The SMILES string of the molecule is CN(Cc1cccc(NN)n1)C1CCC1. The minimum absolute atomic E-state index is 0.731. The van der Waals surface area contributed by atoms with E-state index in [2.05, 4.69) is 22.4 Å². The van der Waals surface area contributed by atoms with Crippen LogP contribution in [0.1, 0.15) is 25.0 Å². The highest BCUT2D eigenvalue weighted by molar-refractivity contribution is 5.33. The molecule has 3 N–H and O–H groups in total. The average Bonchev–Trinajstić information content (AvgIpc) is 2.15. The summed E-state index contributed by atoms with van der Waals surface area (Å²) in [7, 11) is 2.16. The molecular formula is C11H18N4. The molecule has 1 aromatic rings. The molecule has 1 aliphatic rings. The Balaban J connectivity index is 1.96. The molecule has 1 fully saturated rings. The predicted octanol–water partition coefficient (Wildman–Crippen LogP) is 1.35. The first-order chi connectivity index (χ1) is 7.29. The number of nitrogens with zero attached hydrogens (tertiary/aromatic N) is 2. The van der Waals surface area contributed by atoms with Crippen molar-refractivity contribution >= 4 is 5.82 Å². The van der Waals surface area contributed by atoms with Gasteiger partial charge in [-0.1, -0.05) is 12.5 Å². The standard InChI is InChI=1S/C11H18N4/c1-15(10-5-3-6-10)8-9-4-2-7-11(13-9)14-12/h2,4,7,10H,3,5-6,8,12H2,1H3,(H,13,14). The summed E-state index contributed by atoms with van der Waals surface area (Å²) in [5, 5.41) is 0. The third-order valence-electron chi connectivity index (χ3n) is 3.06. The topological polar surface area (TPSA) is 54.2 Å². The molecule has 1 aromatic heterocycles. The van der Waals surface area contributed by atoms with Crippen LogP contribution in [0.25, 0.3) is 0 Å². The maximum absolute atomic E-state index is 5.32. The van der Waals surface area contributed by atoms with Gasteiger partial charge in [0.05, 0.1) is 5.69 Å². The molecule has 0 atom stereocenters. The van der Waals surface area contributed by atoms with Gasteiger partial charge in [0.25, 0.3) is 0 Å². The molecule has 0 amide bonds. The molecule has 1 aliphatic carbocycles. The van der Waals surface area contributed by atoms with Crippen LogP contribution >= 0.6 is 0 Å². The summed E-state index contributed by atoms with van der Waals surface area (Å²) in [6, 6.07) is 6.64. The molecule has 0 saturated heterocycles. The van der Waals surface area contributed by atoms with E-state index >= 15 is 0 Å². The van der Waals surface area contributed by atoms with Crippen molar-refractivity contribution in [1.82, 2.24) is 9.88 Å². The van der Waals surface area contributed by atoms with Crippen molar-refractivity contribution in [3.63, 3.8) is 0 Å². The van der Waals surface area contributed by atoms with Gasteiger partial charge in [0.1, 0.15) is 5.82 Å². The number of hydrogen-bond acceptors (Lipinski definition) is 4. The van der Waals surface area contributed by atoms with Gasteiger partial charge in [0.15, 0.2) is 0 Å². The van der Waals surface area contributed by atoms with Crippen molar-refractivity contribution in [2.75, 3.05) is 12.5 Å². The number of hydrogen-bond donors (Lipinski definition) is 2. The van der Waals surface area contributed by atoms with E-state index in [1.807, 2.05) is 18.2 Å². The van der Waals surface area contributed by atoms with Crippen LogP contribution in [0.5, 0.6) is 0 Å². The zero-order valence-electron chi connectivity index (χ0n) is 9.11. The normalized spacial score (nSPS) is 16.5. The third kappa shape index (κ3) is 2.46. The molecule has 4 nitrogen and oxygen atoms in total. The Bertz CT molecular complexity index is 322. The number of nitrogens with two attached hydrogens (primary N) is 1. The number of nitrogens with one attached hydrogen (secondary N) is 1. The zero-order chi connectivity index (χ0) is 10.7. The summed E-state index contributed by atoms with van der Waals surface area (Å²) < 4.78 is 0. The molecule has 0 aliphatic heterocycles. The Morgan fingerprint density at radius 1 is 1.53 bits per heavy atom. The molecule has 0 aromatic carbocycles. The highest BCUT2D eigenvalue weighted by Gasteiger charge is 2.21. The lowest BCUT2D eigenvalue weighted by atomic mass is 9.92. The second-order valence-electron chi connectivity index (χ2n) is 4.16. The summed E-state index contributed by atoms with van der Waals surface area (Å²) in [6.07, 6.45) is 4.02. The van der Waals surface area contributed by atoms with Crippen LogP contribution in [0.3, 0.4) is 0 Å². The highest BCUT2D eigenvalue weighted by atomic mass is 15.3. The molecule has 0 radical (unpaired) electrons. The van der Waals surface area contributed by atoms with E-state index in [0.29, 0.717) is 0 Å². The van der Waals surface area contributed by atoms with Crippen molar-refractivity contribution < 1.29 is 0 Å². The Labute approximate surface area is 90.5 Å². The summed E-state index contributed by atoms with van der Waals surface area (Å²) in [4.78, 5) is 6.76. The van der Waals surface area contributed by atoms with Gasteiger partial charge in [-0.2, -0.15) is 0 Å². The van der Waals surface area contributed by atoms with E-state index in [1.54, 1.807) is 0 Å². The van der Waals surface area contributed by atoms with Crippen molar-refractivity contribution in [2.45, 2.75) is 31.8 Å². The van der Waals surface area contributed by atoms with Gasteiger partial charge in [-0.3, -0.25) is 4.90 Å². The van der Waals surface area contributed by atoms with Gasteiger partial charge in [0, 0.05) is 12.6 Å². The maximum Gasteiger partial charge on any atom is 0.140 e. The third-order valence-corrected chi connectivity index (χ3v) is 3.06. The first kappa shape index (κ1) is 10.4. The summed E-state index contributed by atoms with van der Waals surface area (Å²) in [5.74, 6) is 6.05. The van der Waals surface area contributed by atoms with E-state index in [-0.39, 0.29) is 0 Å². The van der Waals surface area contributed by atoms with Crippen molar-refractivity contribution in [1.29, 1.82) is 0 Å². The summed E-state index contributed by atoms with van der Waals surface area (Å²) in [5.41, 5.74) is 3.64. The molecule has 1 heterocycles. The number of anilines is 1. The largest absolute Gasteiger partial charge is 0.308 e. The Morgan fingerprint density at radius 3 is 2.93 bits per heavy atom. The fourth-order valence-electron chi connectivity index (χ4n) is 1.86. The summed E-state index contributed by atoms with van der Waals surface area (Å²) in [6.45, 7) is 0.903. The van der Waals surface area contributed by atoms with E-state index in [0.717, 1.165) is 24.1 Å². The molecule has 4 heteroatoms. The Kier molecular flexibility index (Phi) is 3.18. The lowest BCUT2D eigenvalue weighted by Crippen LogP contribution is -2.36. The minimum Gasteiger partial charge on any atom is -0.308 e. The first-order valence-corrected chi connectivity index (χ1v) is 5.42. The fourth-order valence-corrected chi connectivity index (χ4v) is 1.86. The smallest absolute Gasteiger partial charge is 0.140 e. The van der Waals surface area contributed by atoms with Crippen LogP contribution in [0.15, 0.2) is 18.2 Å². The molecule has 82 valence electrons. The number of nitrogen functional groups attached to an aromatic ring is 1. The first-order valence-electron chi connectivity index (χ1n) is 5.42. The fraction of sp³-hybridized carbons (Fsp3) is 0.545. The number of rotatable bonds is 4. The van der Waals surface area contributed by atoms with Crippen LogP contribution in [0, 0.1) is 0 Å². The van der Waals surface area contributed by atoms with Gasteiger partial charge >= 0.3 is 0 Å². The van der Waals surface area contributed by atoms with Crippen LogP contribution in [-0.4, -0.2) is 23.0 Å². The highest BCUT2D eigenvalue weighted by Crippen LogP contribution is 2.24. The van der Waals surface area contributed by atoms with Gasteiger partial charge in [-0.05, 0) is 32.0 Å². The quantitative estimate of drug-likeness (QED) is 0.577. The maximum atomic E-state index is 5.32. The number of pyridine rings is 1. The van der Waals surface area contributed by atoms with E-state index < -0.39 is 0 Å². The molecule has 15 heavy (non-hydrogen) atoms. The minimum atomic E-state index is 0.731. The lowest BCUT2D eigenvalue weighted by Gasteiger charge is -2.34. The monoisotopic (exact) mass is 206 g/mol. The van der Waals surface area contributed by atoms with E-state index in [9.17, 15) is 0 Å². The molecule has 2 rings (SSSR count). The lowest BCUT2D eigenvalue weighted by molar-refractivity contribution is 0.151. The number of aromatic nitrogens is 1. The molecule has 0 bridgehead atoms. The van der Waals surface area contributed by atoms with Gasteiger partial charge in [-0.25, -0.2) is 10.8 Å². The predicted molar refractivity (Wildman–Crippen MR) is 61.2 cm³/mol. The molecule has 0 unspecified atom stereocenters. The second-order valence-corrected chi connectivity index (χ2v) is 4.16. The average molecular weight is 206 g/mol. The van der Waals surface area contributed by atoms with Crippen LogP contribution in [0.4, 0.5) is 5.82 Å². The van der Waals surface area contributed by atoms with Crippen molar-refractivity contribution in [2.24, 2.45) is 5.84 Å². The van der Waals surface area contributed by atoms with Gasteiger partial charge < -0.3 is 5.43 Å². The van der Waals surface area contributed by atoms with Crippen LogP contribution in [-0.2, 0) is 6.54 Å². The number of hydrazine groups is 1. The van der Waals surface area contributed by atoms with Crippen LogP contribution < -0.4 is 11.3 Å². The van der Waals surface area contributed by atoms with Crippen molar-refractivity contribution in [3.05, 3.63) is 23.9 Å². The van der Waals surface area contributed by atoms with Crippen LogP contribution in [0.2, 0.25) is 0 Å². The zero-order valence-corrected chi connectivity index (χ0v) is 9.11. The molecular weight excluding hydrogens is 188 g/mol. The van der Waals surface area contributed by atoms with Gasteiger partial charge in [0.2, 0.25) is 0 Å². The Hall–Kier alpha value is -1.13. The van der Waals surface area contributed by atoms with Gasteiger partial charge in [-0.15, -0.1) is 0 Å². The Morgan fingerprint density at radius 2 is 2.33 bits per heavy atom. The van der Waals surface area contributed by atoms with Crippen molar-refractivity contribution in [3.8, 4) is 0 Å². The molecule has 1 saturated carbocycles. The van der Waals surface area contributed by atoms with E-state index in [4.69, 9.17) is 5.84 Å². The summed E-state index contributed by atoms with van der Waals surface area (Å²) >= 11 is 0. The van der Waals surface area contributed by atoms with E-state index in [1.165, 1.54) is 19.3 Å². The molecule has 0 spiro atoms.